The van der Waals surface area contributed by atoms with Gasteiger partial charge >= 0.3 is 0 Å². The number of halogens is 2. The molecule has 0 amide bonds. The van der Waals surface area contributed by atoms with Crippen LogP contribution in [-0.4, -0.2) is 15.2 Å². The number of H-pyrrole nitrogens is 1. The highest BCUT2D eigenvalue weighted by molar-refractivity contribution is 9.09. The second-order valence-electron chi connectivity index (χ2n) is 5.10. The SMILES string of the molecule is [CH2]CCCC(Br)C(Cl)CC[CH]c1c[nH]c2ccccc12. The molecule has 1 aromatic carbocycles. The molecule has 2 aromatic rings. The molecule has 2 radical (unpaired) electrons. The van der Waals surface area contributed by atoms with Gasteiger partial charge in [0.1, 0.15) is 0 Å². The number of rotatable bonds is 8. The number of hydrogen-bond donors (Lipinski definition) is 1. The van der Waals surface area contributed by atoms with Gasteiger partial charge in [0.2, 0.25) is 0 Å². The van der Waals surface area contributed by atoms with Gasteiger partial charge in [-0.25, -0.2) is 0 Å². The lowest BCUT2D eigenvalue weighted by atomic mass is 10.0. The van der Waals surface area contributed by atoms with Crippen molar-refractivity contribution in [2.75, 3.05) is 0 Å². The summed E-state index contributed by atoms with van der Waals surface area (Å²) in [4.78, 5) is 3.69. The van der Waals surface area contributed by atoms with Crippen molar-refractivity contribution in [3.05, 3.63) is 49.4 Å². The Morgan fingerprint density at radius 3 is 2.90 bits per heavy atom. The Balaban J connectivity index is 1.81. The predicted molar refractivity (Wildman–Crippen MR) is 92.5 cm³/mol. The fourth-order valence-corrected chi connectivity index (χ4v) is 3.20. The predicted octanol–water partition coefficient (Wildman–Crippen LogP) is 5.88. The van der Waals surface area contributed by atoms with Gasteiger partial charge in [0, 0.05) is 27.3 Å². The minimum atomic E-state index is 0.183. The summed E-state index contributed by atoms with van der Waals surface area (Å²) in [5.74, 6) is 0. The zero-order valence-electron chi connectivity index (χ0n) is 11.6. The third-order valence-electron chi connectivity index (χ3n) is 3.55. The van der Waals surface area contributed by atoms with E-state index < -0.39 is 0 Å². The first-order chi connectivity index (χ1) is 9.72. The highest BCUT2D eigenvalue weighted by Crippen LogP contribution is 2.25. The monoisotopic (exact) mass is 353 g/mol. The molecule has 2 unspecified atom stereocenters. The van der Waals surface area contributed by atoms with Crippen molar-refractivity contribution in [2.24, 2.45) is 0 Å². The molecule has 2 atom stereocenters. The largest absolute Gasteiger partial charge is 0.361 e. The lowest BCUT2D eigenvalue weighted by molar-refractivity contribution is 0.645. The molecular formula is C17H21BrClN. The van der Waals surface area contributed by atoms with Crippen molar-refractivity contribution < 1.29 is 0 Å². The van der Waals surface area contributed by atoms with Crippen molar-refractivity contribution in [1.82, 2.24) is 4.98 Å². The molecule has 0 bridgehead atoms. The van der Waals surface area contributed by atoms with E-state index in [1.807, 2.05) is 0 Å². The van der Waals surface area contributed by atoms with Crippen LogP contribution in [0.5, 0.6) is 0 Å². The van der Waals surface area contributed by atoms with Gasteiger partial charge in [0.25, 0.3) is 0 Å². The van der Waals surface area contributed by atoms with Crippen LogP contribution >= 0.6 is 27.5 Å². The first-order valence-corrected chi connectivity index (χ1v) is 8.54. The Morgan fingerprint density at radius 2 is 2.10 bits per heavy atom. The summed E-state index contributed by atoms with van der Waals surface area (Å²) in [5.41, 5.74) is 2.46. The average molecular weight is 355 g/mol. The number of benzene rings is 1. The van der Waals surface area contributed by atoms with Crippen LogP contribution < -0.4 is 0 Å². The van der Waals surface area contributed by atoms with Gasteiger partial charge in [-0.2, -0.15) is 0 Å². The lowest BCUT2D eigenvalue weighted by Crippen LogP contribution is -2.14. The summed E-state index contributed by atoms with van der Waals surface area (Å²) in [6.07, 6.45) is 9.55. The fourth-order valence-electron chi connectivity index (χ4n) is 2.36. The van der Waals surface area contributed by atoms with Crippen LogP contribution in [-0.2, 0) is 0 Å². The molecule has 0 aliphatic heterocycles. The van der Waals surface area contributed by atoms with E-state index in [0.29, 0.717) is 4.83 Å². The van der Waals surface area contributed by atoms with E-state index in [1.165, 1.54) is 16.5 Å². The maximum Gasteiger partial charge on any atom is 0.0461 e. The van der Waals surface area contributed by atoms with E-state index in [-0.39, 0.29) is 5.38 Å². The number of aromatic amines is 1. The van der Waals surface area contributed by atoms with Gasteiger partial charge in [-0.3, -0.25) is 0 Å². The molecule has 1 heterocycles. The smallest absolute Gasteiger partial charge is 0.0461 e. The number of para-hydroxylation sites is 1. The minimum absolute atomic E-state index is 0.183. The van der Waals surface area contributed by atoms with E-state index in [0.717, 1.165) is 32.1 Å². The highest BCUT2D eigenvalue weighted by Gasteiger charge is 2.15. The molecule has 0 fully saturated rings. The highest BCUT2D eigenvalue weighted by atomic mass is 79.9. The van der Waals surface area contributed by atoms with Gasteiger partial charge in [0.05, 0.1) is 0 Å². The van der Waals surface area contributed by atoms with Gasteiger partial charge in [-0.1, -0.05) is 53.9 Å². The zero-order chi connectivity index (χ0) is 14.4. The summed E-state index contributed by atoms with van der Waals surface area (Å²) in [5, 5.41) is 1.47. The minimum Gasteiger partial charge on any atom is -0.361 e. The summed E-state index contributed by atoms with van der Waals surface area (Å²) in [6, 6.07) is 8.38. The third kappa shape index (κ3) is 4.26. The Bertz CT molecular complexity index is 522. The second-order valence-corrected chi connectivity index (χ2v) is 6.84. The molecule has 0 aliphatic rings. The molecule has 3 heteroatoms. The van der Waals surface area contributed by atoms with Crippen LogP contribution in [0.25, 0.3) is 10.9 Å². The Morgan fingerprint density at radius 1 is 1.30 bits per heavy atom. The van der Waals surface area contributed by atoms with Crippen LogP contribution in [0.3, 0.4) is 0 Å². The van der Waals surface area contributed by atoms with Gasteiger partial charge in [-0.05, 0) is 37.3 Å². The van der Waals surface area contributed by atoms with Crippen molar-refractivity contribution in [1.29, 1.82) is 0 Å². The number of unbranched alkanes of at least 4 members (excludes halogenated alkanes) is 1. The summed E-state index contributed by atoms with van der Waals surface area (Å²) in [7, 11) is 0. The van der Waals surface area contributed by atoms with E-state index in [2.05, 4.69) is 64.7 Å². The Labute approximate surface area is 135 Å². The van der Waals surface area contributed by atoms with Crippen LogP contribution in [0, 0.1) is 13.3 Å². The molecule has 1 nitrogen and oxygen atoms in total. The summed E-state index contributed by atoms with van der Waals surface area (Å²) in [6.45, 7) is 3.87. The summed E-state index contributed by atoms with van der Waals surface area (Å²) < 4.78 is 0. The zero-order valence-corrected chi connectivity index (χ0v) is 14.0. The molecule has 1 N–H and O–H groups in total. The van der Waals surface area contributed by atoms with Crippen molar-refractivity contribution >= 4 is 38.4 Å². The number of nitrogens with one attached hydrogen (secondary N) is 1. The number of alkyl halides is 2. The van der Waals surface area contributed by atoms with Crippen molar-refractivity contribution in [2.45, 2.75) is 42.3 Å². The maximum absolute atomic E-state index is 6.43. The molecule has 1 aromatic heterocycles. The van der Waals surface area contributed by atoms with Crippen molar-refractivity contribution in [3.8, 4) is 0 Å². The molecule has 108 valence electrons. The molecule has 0 saturated heterocycles. The first kappa shape index (κ1) is 15.9. The number of aromatic nitrogens is 1. The van der Waals surface area contributed by atoms with Crippen LogP contribution in [0.15, 0.2) is 30.5 Å². The molecule has 2 rings (SSSR count). The molecule has 0 spiro atoms. The van der Waals surface area contributed by atoms with E-state index in [4.69, 9.17) is 11.6 Å². The summed E-state index contributed by atoms with van der Waals surface area (Å²) >= 11 is 10.1. The number of fused-ring (bicyclic) bond motifs is 1. The molecule has 0 saturated carbocycles. The Kier molecular flexibility index (Phi) is 6.44. The van der Waals surface area contributed by atoms with Crippen LogP contribution in [0.2, 0.25) is 0 Å². The Hall–Kier alpha value is -0.470. The standard InChI is InChI=1S/C17H21BrClN/c1-2-3-9-15(18)16(19)10-6-7-13-12-20-17-11-5-4-8-14(13)17/h4-5,7-8,11-12,15-16,20H,1-3,6,9-10H2. The normalized spacial score (nSPS) is 14.6. The quantitative estimate of drug-likeness (QED) is 0.570. The first-order valence-electron chi connectivity index (χ1n) is 7.19. The van der Waals surface area contributed by atoms with Gasteiger partial charge < -0.3 is 4.98 Å². The van der Waals surface area contributed by atoms with E-state index in [1.54, 1.807) is 0 Å². The number of hydrogen-bond acceptors (Lipinski definition) is 0. The van der Waals surface area contributed by atoms with Crippen LogP contribution in [0.4, 0.5) is 0 Å². The average Bonchev–Trinajstić information content (AvgIpc) is 2.88. The second kappa shape index (κ2) is 8.09. The van der Waals surface area contributed by atoms with Gasteiger partial charge in [-0.15, -0.1) is 11.6 Å². The van der Waals surface area contributed by atoms with Crippen LogP contribution in [0.1, 0.15) is 37.7 Å². The van der Waals surface area contributed by atoms with E-state index in [9.17, 15) is 0 Å². The molecular weight excluding hydrogens is 334 g/mol. The molecule has 20 heavy (non-hydrogen) atoms. The molecule has 0 aliphatic carbocycles. The lowest BCUT2D eigenvalue weighted by Gasteiger charge is -2.15. The fraction of sp³-hybridized carbons (Fsp3) is 0.412. The maximum atomic E-state index is 6.43. The topological polar surface area (TPSA) is 15.8 Å². The van der Waals surface area contributed by atoms with E-state index >= 15 is 0 Å². The third-order valence-corrected chi connectivity index (χ3v) is 5.47. The van der Waals surface area contributed by atoms with Gasteiger partial charge in [0.15, 0.2) is 0 Å². The van der Waals surface area contributed by atoms with Crippen molar-refractivity contribution in [3.63, 3.8) is 0 Å².